The zero-order valence-corrected chi connectivity index (χ0v) is 21.2. The number of ketones is 1. The van der Waals surface area contributed by atoms with Gasteiger partial charge in [0.2, 0.25) is 5.41 Å². The molecule has 0 amide bonds. The average molecular weight is 511 g/mol. The number of benzene rings is 3. The zero-order chi connectivity index (χ0) is 26.7. The van der Waals surface area contributed by atoms with E-state index in [1.165, 1.54) is 13.8 Å². The fraction of sp³-hybridized carbons (Fsp3) is 0.267. The second-order valence-corrected chi connectivity index (χ2v) is 10.1. The maximum absolute atomic E-state index is 14.3. The maximum atomic E-state index is 14.3. The first-order valence-corrected chi connectivity index (χ1v) is 12.4. The smallest absolute Gasteiger partial charge is 0.330 e. The molecule has 1 spiro atoms. The molecule has 0 unspecified atom stereocenters. The van der Waals surface area contributed by atoms with E-state index in [9.17, 15) is 14.4 Å². The first-order chi connectivity index (χ1) is 18.3. The van der Waals surface area contributed by atoms with Crippen LogP contribution in [0.4, 0.5) is 0 Å². The number of hydrogen-bond donors (Lipinski definition) is 0. The summed E-state index contributed by atoms with van der Waals surface area (Å²) in [4.78, 5) is 42.6. The molecule has 8 heteroatoms. The monoisotopic (exact) mass is 510 g/mol. The van der Waals surface area contributed by atoms with E-state index < -0.39 is 41.1 Å². The van der Waals surface area contributed by atoms with Crippen LogP contribution in [0.15, 0.2) is 84.0 Å². The van der Waals surface area contributed by atoms with Crippen molar-refractivity contribution in [3.63, 3.8) is 0 Å². The van der Waals surface area contributed by atoms with Gasteiger partial charge in [-0.3, -0.25) is 19.4 Å². The van der Waals surface area contributed by atoms with Crippen LogP contribution < -0.4 is 4.74 Å². The number of hydrogen-bond acceptors (Lipinski definition) is 8. The van der Waals surface area contributed by atoms with Crippen LogP contribution in [0.1, 0.15) is 52.9 Å². The van der Waals surface area contributed by atoms with Crippen molar-refractivity contribution in [2.24, 2.45) is 10.5 Å². The quantitative estimate of drug-likeness (QED) is 0.294. The molecule has 38 heavy (non-hydrogen) atoms. The fourth-order valence-corrected chi connectivity index (χ4v) is 5.97. The number of esters is 2. The summed E-state index contributed by atoms with van der Waals surface area (Å²) in [5.41, 5.74) is 0.608. The number of nitrogens with zero attached hydrogens (tertiary/aromatic N) is 2. The summed E-state index contributed by atoms with van der Waals surface area (Å²) < 4.78 is 16.8. The molecule has 6 rings (SSSR count). The van der Waals surface area contributed by atoms with Crippen LogP contribution in [-0.2, 0) is 19.1 Å². The molecule has 3 aromatic carbocycles. The molecule has 8 nitrogen and oxygen atoms in total. The van der Waals surface area contributed by atoms with Gasteiger partial charge in [-0.15, -0.1) is 0 Å². The topological polar surface area (TPSA) is 94.5 Å². The van der Waals surface area contributed by atoms with Crippen molar-refractivity contribution in [3.8, 4) is 5.75 Å². The Labute approximate surface area is 219 Å². The van der Waals surface area contributed by atoms with E-state index in [-0.39, 0.29) is 5.78 Å². The third-order valence-corrected chi connectivity index (χ3v) is 7.56. The second kappa shape index (κ2) is 8.55. The Morgan fingerprint density at radius 3 is 2.18 bits per heavy atom. The Bertz CT molecular complexity index is 1440. The number of ether oxygens (including phenoxy) is 3. The molecule has 0 bridgehead atoms. The van der Waals surface area contributed by atoms with E-state index in [2.05, 4.69) is 5.10 Å². The Hall–Kier alpha value is -4.46. The number of Topliss-reactive ketones (excluding diaryl/α,β-unsaturated/α-hetero) is 1. The average Bonchev–Trinajstić information content (AvgIpc) is 3.24. The summed E-state index contributed by atoms with van der Waals surface area (Å²) in [6.07, 6.45) is 1.66. The van der Waals surface area contributed by atoms with Gasteiger partial charge in [0.25, 0.3) is 5.79 Å². The van der Waals surface area contributed by atoms with Crippen molar-refractivity contribution in [1.29, 1.82) is 0 Å². The zero-order valence-electron chi connectivity index (χ0n) is 21.2. The lowest BCUT2D eigenvalue weighted by atomic mass is 9.65. The number of methoxy groups -OCH3 is 1. The molecule has 3 heterocycles. The SMILES string of the molecule is COc1ccc(C(=O)[C@@H]2[C@H](c3ccccc3)C3(C(=O)OC(C)(C)OC3=O)[C@H]3c4ccccc4C=NN23)cc1. The Morgan fingerprint density at radius 1 is 0.895 bits per heavy atom. The summed E-state index contributed by atoms with van der Waals surface area (Å²) in [6.45, 7) is 3.04. The number of rotatable bonds is 4. The van der Waals surface area contributed by atoms with Gasteiger partial charge in [-0.2, -0.15) is 5.10 Å². The van der Waals surface area contributed by atoms with Gasteiger partial charge in [0.1, 0.15) is 17.8 Å². The van der Waals surface area contributed by atoms with Crippen LogP contribution in [0.2, 0.25) is 0 Å². The predicted octanol–water partition coefficient (Wildman–Crippen LogP) is 4.26. The van der Waals surface area contributed by atoms with Crippen LogP contribution in [0.5, 0.6) is 5.75 Å². The highest BCUT2D eigenvalue weighted by molar-refractivity contribution is 6.09. The van der Waals surface area contributed by atoms with E-state index in [0.29, 0.717) is 22.4 Å². The standard InChI is InChI=1S/C30H26N2O6/c1-29(2)37-27(34)30(28(35)38-29)23(18-9-5-4-6-10-18)24(25(33)19-13-15-21(36-3)16-14-19)32-26(30)22-12-8-7-11-20(22)17-31-32/h4-17,23-24,26H,1-3H3/t23-,24-,26+/m0/s1. The minimum atomic E-state index is -1.88. The molecule has 0 aliphatic carbocycles. The van der Waals surface area contributed by atoms with Crippen LogP contribution in [0, 0.1) is 5.41 Å². The van der Waals surface area contributed by atoms with Gasteiger partial charge in [-0.05, 0) is 41.0 Å². The molecule has 0 radical (unpaired) electrons. The van der Waals surface area contributed by atoms with Gasteiger partial charge in [0.15, 0.2) is 5.78 Å². The molecule has 2 saturated heterocycles. The summed E-state index contributed by atoms with van der Waals surface area (Å²) >= 11 is 0. The van der Waals surface area contributed by atoms with Gasteiger partial charge >= 0.3 is 11.9 Å². The van der Waals surface area contributed by atoms with Crippen molar-refractivity contribution < 1.29 is 28.6 Å². The van der Waals surface area contributed by atoms with Crippen LogP contribution in [-0.4, -0.2) is 47.9 Å². The molecule has 3 aliphatic heterocycles. The predicted molar refractivity (Wildman–Crippen MR) is 138 cm³/mol. The van der Waals surface area contributed by atoms with Crippen molar-refractivity contribution >= 4 is 23.9 Å². The molecule has 0 N–H and O–H groups in total. The molecule has 3 atom stereocenters. The minimum Gasteiger partial charge on any atom is -0.497 e. The van der Waals surface area contributed by atoms with Crippen LogP contribution >= 0.6 is 0 Å². The number of hydrazone groups is 1. The van der Waals surface area contributed by atoms with Gasteiger partial charge < -0.3 is 14.2 Å². The van der Waals surface area contributed by atoms with E-state index >= 15 is 0 Å². The highest BCUT2D eigenvalue weighted by atomic mass is 16.7. The third-order valence-electron chi connectivity index (χ3n) is 7.56. The summed E-state index contributed by atoms with van der Waals surface area (Å²) in [6, 6.07) is 21.3. The number of fused-ring (bicyclic) bond motifs is 4. The Balaban J connectivity index is 1.62. The largest absolute Gasteiger partial charge is 0.497 e. The normalized spacial score (nSPS) is 24.3. The molecule has 0 saturated carbocycles. The molecular formula is C30H26N2O6. The van der Waals surface area contributed by atoms with Crippen LogP contribution in [0.3, 0.4) is 0 Å². The fourth-order valence-electron chi connectivity index (χ4n) is 5.97. The summed E-state index contributed by atoms with van der Waals surface area (Å²) in [7, 11) is 1.55. The van der Waals surface area contributed by atoms with Gasteiger partial charge in [0, 0.05) is 25.3 Å². The first kappa shape index (κ1) is 23.9. The lowest BCUT2D eigenvalue weighted by molar-refractivity contribution is -0.254. The molecule has 0 aromatic heterocycles. The van der Waals surface area contributed by atoms with Gasteiger partial charge in [-0.1, -0.05) is 54.6 Å². The van der Waals surface area contributed by atoms with E-state index in [1.54, 1.807) is 42.6 Å². The van der Waals surface area contributed by atoms with E-state index in [4.69, 9.17) is 14.2 Å². The third kappa shape index (κ3) is 3.36. The number of carbonyl (C=O) groups is 3. The number of cyclic esters (lactones) is 2. The maximum Gasteiger partial charge on any atom is 0.330 e. The van der Waals surface area contributed by atoms with Crippen molar-refractivity contribution in [3.05, 3.63) is 101 Å². The van der Waals surface area contributed by atoms with Gasteiger partial charge in [-0.25, -0.2) is 0 Å². The van der Waals surface area contributed by atoms with Crippen molar-refractivity contribution in [2.75, 3.05) is 7.11 Å². The number of carbonyl (C=O) groups excluding carboxylic acids is 3. The minimum absolute atomic E-state index is 0.287. The molecule has 192 valence electrons. The first-order valence-electron chi connectivity index (χ1n) is 12.4. The highest BCUT2D eigenvalue weighted by Gasteiger charge is 2.75. The summed E-state index contributed by atoms with van der Waals surface area (Å²) in [5.74, 6) is -3.54. The lowest BCUT2D eigenvalue weighted by Gasteiger charge is -2.44. The van der Waals surface area contributed by atoms with Crippen molar-refractivity contribution in [1.82, 2.24) is 5.01 Å². The summed E-state index contributed by atoms with van der Waals surface area (Å²) in [5, 5.41) is 6.26. The van der Waals surface area contributed by atoms with Gasteiger partial charge in [0.05, 0.1) is 13.3 Å². The van der Waals surface area contributed by atoms with E-state index in [1.807, 2.05) is 54.6 Å². The molecule has 3 aromatic rings. The Morgan fingerprint density at radius 2 is 1.53 bits per heavy atom. The Kier molecular flexibility index (Phi) is 5.38. The molecular weight excluding hydrogens is 484 g/mol. The lowest BCUT2D eigenvalue weighted by Crippen LogP contribution is -2.58. The molecule has 2 fully saturated rings. The second-order valence-electron chi connectivity index (χ2n) is 10.1. The van der Waals surface area contributed by atoms with Crippen LogP contribution in [0.25, 0.3) is 0 Å². The molecule has 3 aliphatic rings. The van der Waals surface area contributed by atoms with E-state index in [0.717, 1.165) is 5.56 Å². The van der Waals surface area contributed by atoms with Crippen molar-refractivity contribution in [2.45, 2.75) is 37.6 Å². The highest BCUT2D eigenvalue weighted by Crippen LogP contribution is 2.62.